The Morgan fingerprint density at radius 1 is 1.25 bits per heavy atom. The molecule has 1 aliphatic carbocycles. The van der Waals surface area contributed by atoms with E-state index in [2.05, 4.69) is 37.9 Å². The van der Waals surface area contributed by atoms with Crippen LogP contribution in [-0.2, 0) is 0 Å². The highest BCUT2D eigenvalue weighted by atomic mass is 15.3. The molecule has 2 heteroatoms. The fourth-order valence-electron chi connectivity index (χ4n) is 2.86. The van der Waals surface area contributed by atoms with Crippen LogP contribution in [0, 0.1) is 5.41 Å². The average molecular weight is 224 g/mol. The lowest BCUT2D eigenvalue weighted by molar-refractivity contribution is 0.0724. The summed E-state index contributed by atoms with van der Waals surface area (Å²) < 4.78 is 0. The van der Waals surface area contributed by atoms with Crippen molar-refractivity contribution in [2.45, 2.75) is 65.0 Å². The largest absolute Gasteiger partial charge is 0.309 e. The summed E-state index contributed by atoms with van der Waals surface area (Å²) in [4.78, 5) is 2.73. The van der Waals surface area contributed by atoms with Crippen LogP contribution in [0.15, 0.2) is 0 Å². The third-order valence-electron chi connectivity index (χ3n) is 5.03. The number of nitrogens with one attached hydrogen (secondary N) is 1. The van der Waals surface area contributed by atoms with E-state index in [1.165, 1.54) is 38.8 Å². The first-order valence-corrected chi connectivity index (χ1v) is 7.02. The summed E-state index contributed by atoms with van der Waals surface area (Å²) in [7, 11) is 0. The fraction of sp³-hybridized carbons (Fsp3) is 1.00. The molecule has 2 unspecified atom stereocenters. The monoisotopic (exact) mass is 224 g/mol. The normalized spacial score (nSPS) is 38.6. The molecule has 1 aliphatic heterocycles. The maximum Gasteiger partial charge on any atom is 0.0278 e. The molecule has 1 saturated carbocycles. The molecule has 2 nitrogen and oxygen atoms in total. The van der Waals surface area contributed by atoms with Crippen LogP contribution in [0.1, 0.15) is 53.4 Å². The van der Waals surface area contributed by atoms with Gasteiger partial charge in [0.1, 0.15) is 0 Å². The van der Waals surface area contributed by atoms with E-state index >= 15 is 0 Å². The zero-order valence-electron chi connectivity index (χ0n) is 11.5. The van der Waals surface area contributed by atoms with Gasteiger partial charge >= 0.3 is 0 Å². The van der Waals surface area contributed by atoms with Crippen molar-refractivity contribution < 1.29 is 0 Å². The smallest absolute Gasteiger partial charge is 0.0278 e. The fourth-order valence-corrected chi connectivity index (χ4v) is 2.86. The third-order valence-corrected chi connectivity index (χ3v) is 5.03. The first kappa shape index (κ1) is 12.4. The molecule has 1 heterocycles. The predicted molar refractivity (Wildman–Crippen MR) is 69.7 cm³/mol. The Hall–Kier alpha value is -0.0800. The average Bonchev–Trinajstić information content (AvgIpc) is 3.05. The van der Waals surface area contributed by atoms with Gasteiger partial charge in [-0.3, -0.25) is 4.90 Å². The third kappa shape index (κ3) is 2.43. The van der Waals surface area contributed by atoms with E-state index in [4.69, 9.17) is 0 Å². The van der Waals surface area contributed by atoms with E-state index in [9.17, 15) is 0 Å². The predicted octanol–water partition coefficient (Wildman–Crippen LogP) is 2.64. The van der Waals surface area contributed by atoms with E-state index in [1.807, 2.05) is 0 Å². The lowest BCUT2D eigenvalue weighted by atomic mass is 9.92. The van der Waals surface area contributed by atoms with E-state index in [-0.39, 0.29) is 0 Å². The number of hydrogen-bond donors (Lipinski definition) is 1. The first-order chi connectivity index (χ1) is 7.52. The van der Waals surface area contributed by atoms with Crippen molar-refractivity contribution >= 4 is 0 Å². The number of piperazine rings is 1. The molecule has 94 valence electrons. The Balaban J connectivity index is 1.96. The molecular weight excluding hydrogens is 196 g/mol. The summed E-state index contributed by atoms with van der Waals surface area (Å²) >= 11 is 0. The van der Waals surface area contributed by atoms with Gasteiger partial charge in [0, 0.05) is 31.2 Å². The summed E-state index contributed by atoms with van der Waals surface area (Å²) in [6.45, 7) is 13.1. The molecule has 2 atom stereocenters. The molecule has 0 spiro atoms. The quantitative estimate of drug-likeness (QED) is 0.790. The minimum absolute atomic E-state index is 0.344. The zero-order valence-corrected chi connectivity index (χ0v) is 11.5. The van der Waals surface area contributed by atoms with Crippen LogP contribution in [0.4, 0.5) is 0 Å². The van der Waals surface area contributed by atoms with Crippen LogP contribution in [-0.4, -0.2) is 36.1 Å². The van der Waals surface area contributed by atoms with Gasteiger partial charge in [-0.25, -0.2) is 0 Å². The van der Waals surface area contributed by atoms with Gasteiger partial charge in [-0.1, -0.05) is 13.8 Å². The first-order valence-electron chi connectivity index (χ1n) is 7.02. The SMILES string of the molecule is CCC1(CN2CC(C)(CC)NCC2C)CC1. The van der Waals surface area contributed by atoms with Gasteiger partial charge in [-0.05, 0) is 44.9 Å². The Bertz CT molecular complexity index is 245. The minimum atomic E-state index is 0.344. The Morgan fingerprint density at radius 3 is 2.44 bits per heavy atom. The van der Waals surface area contributed by atoms with E-state index in [0.29, 0.717) is 17.0 Å². The number of hydrogen-bond acceptors (Lipinski definition) is 2. The Morgan fingerprint density at radius 2 is 1.94 bits per heavy atom. The molecule has 2 fully saturated rings. The van der Waals surface area contributed by atoms with E-state index in [0.717, 1.165) is 6.54 Å². The van der Waals surface area contributed by atoms with Crippen LogP contribution in [0.2, 0.25) is 0 Å². The summed E-state index contributed by atoms with van der Waals surface area (Å²) in [6.07, 6.45) is 5.52. The van der Waals surface area contributed by atoms with Crippen LogP contribution in [0.25, 0.3) is 0 Å². The second-order valence-corrected chi connectivity index (χ2v) is 6.40. The number of nitrogens with zero attached hydrogens (tertiary/aromatic N) is 1. The Kier molecular flexibility index (Phi) is 3.33. The van der Waals surface area contributed by atoms with Crippen LogP contribution in [0.3, 0.4) is 0 Å². The lowest BCUT2D eigenvalue weighted by Crippen LogP contribution is -2.62. The van der Waals surface area contributed by atoms with Gasteiger partial charge in [0.15, 0.2) is 0 Å². The van der Waals surface area contributed by atoms with E-state index < -0.39 is 0 Å². The highest BCUT2D eigenvalue weighted by molar-refractivity contribution is 4.99. The molecular formula is C14H28N2. The van der Waals surface area contributed by atoms with Crippen molar-refractivity contribution in [3.63, 3.8) is 0 Å². The lowest BCUT2D eigenvalue weighted by Gasteiger charge is -2.46. The molecule has 1 saturated heterocycles. The molecule has 2 rings (SSSR count). The second-order valence-electron chi connectivity index (χ2n) is 6.40. The van der Waals surface area contributed by atoms with Crippen LogP contribution < -0.4 is 5.32 Å². The molecule has 0 aromatic heterocycles. The maximum absolute atomic E-state index is 3.71. The molecule has 1 N–H and O–H groups in total. The molecule has 0 aromatic carbocycles. The minimum Gasteiger partial charge on any atom is -0.309 e. The summed E-state index contributed by atoms with van der Waals surface area (Å²) in [5, 5.41) is 3.71. The second kappa shape index (κ2) is 4.30. The number of rotatable bonds is 4. The highest BCUT2D eigenvalue weighted by Crippen LogP contribution is 2.49. The standard InChI is InChI=1S/C14H28N2/c1-5-13(4)10-16(12(3)9-15-13)11-14(6-2)7-8-14/h12,15H,5-11H2,1-4H3. The van der Waals surface area contributed by atoms with Gasteiger partial charge in [-0.15, -0.1) is 0 Å². The summed E-state index contributed by atoms with van der Waals surface area (Å²) in [6, 6.07) is 0.712. The van der Waals surface area contributed by atoms with Gasteiger partial charge in [0.2, 0.25) is 0 Å². The van der Waals surface area contributed by atoms with Crippen molar-refractivity contribution in [3.05, 3.63) is 0 Å². The molecule has 0 bridgehead atoms. The summed E-state index contributed by atoms with van der Waals surface area (Å²) in [5.74, 6) is 0. The molecule has 0 aromatic rings. The van der Waals surface area contributed by atoms with Crippen LogP contribution >= 0.6 is 0 Å². The van der Waals surface area contributed by atoms with Crippen molar-refractivity contribution in [2.75, 3.05) is 19.6 Å². The van der Waals surface area contributed by atoms with Gasteiger partial charge in [0.25, 0.3) is 0 Å². The molecule has 2 aliphatic rings. The topological polar surface area (TPSA) is 15.3 Å². The molecule has 0 radical (unpaired) electrons. The maximum atomic E-state index is 3.71. The summed E-state index contributed by atoms with van der Waals surface area (Å²) in [5.41, 5.74) is 1.04. The molecule has 0 amide bonds. The van der Waals surface area contributed by atoms with Gasteiger partial charge < -0.3 is 5.32 Å². The highest BCUT2D eigenvalue weighted by Gasteiger charge is 2.44. The van der Waals surface area contributed by atoms with Gasteiger partial charge in [-0.2, -0.15) is 0 Å². The van der Waals surface area contributed by atoms with Gasteiger partial charge in [0.05, 0.1) is 0 Å². The van der Waals surface area contributed by atoms with Crippen molar-refractivity contribution in [1.29, 1.82) is 0 Å². The van der Waals surface area contributed by atoms with E-state index in [1.54, 1.807) is 0 Å². The van der Waals surface area contributed by atoms with Crippen molar-refractivity contribution in [1.82, 2.24) is 10.2 Å². The molecule has 16 heavy (non-hydrogen) atoms. The van der Waals surface area contributed by atoms with Crippen LogP contribution in [0.5, 0.6) is 0 Å². The zero-order chi connectivity index (χ0) is 11.8. The van der Waals surface area contributed by atoms with Crippen molar-refractivity contribution in [3.8, 4) is 0 Å². The van der Waals surface area contributed by atoms with Crippen molar-refractivity contribution in [2.24, 2.45) is 5.41 Å². The Labute approximate surface area is 101 Å².